The molecule has 0 spiro atoms. The first kappa shape index (κ1) is 19.4. The van der Waals surface area contributed by atoms with E-state index in [4.69, 9.17) is 16.7 Å². The van der Waals surface area contributed by atoms with Gasteiger partial charge >= 0.3 is 0 Å². The van der Waals surface area contributed by atoms with Gasteiger partial charge in [-0.15, -0.1) is 10.2 Å². The van der Waals surface area contributed by atoms with E-state index in [1.165, 1.54) is 36.0 Å². The van der Waals surface area contributed by atoms with Crippen molar-refractivity contribution in [1.82, 2.24) is 14.8 Å². The van der Waals surface area contributed by atoms with Crippen LogP contribution in [0.15, 0.2) is 64.9 Å². The Hall–Kier alpha value is -2.40. The molecular weight excluding hydrogens is 410 g/mol. The predicted octanol–water partition coefficient (Wildman–Crippen LogP) is 2.30. The maximum Gasteiger partial charge on any atom is 0.238 e. The molecule has 0 bridgehead atoms. The average molecular weight is 424 g/mol. The summed E-state index contributed by atoms with van der Waals surface area (Å²) in [6, 6.07) is 12.7. The highest BCUT2D eigenvalue weighted by Gasteiger charge is 2.11. The van der Waals surface area contributed by atoms with Gasteiger partial charge in [0, 0.05) is 16.4 Å². The fraction of sp³-hybridized carbons (Fsp3) is 0.0625. The number of primary sulfonamides is 1. The zero-order chi connectivity index (χ0) is 19.4. The smallest absolute Gasteiger partial charge is 0.238 e. The van der Waals surface area contributed by atoms with E-state index in [9.17, 15) is 13.2 Å². The highest BCUT2D eigenvalue weighted by molar-refractivity contribution is 7.99. The molecule has 1 heterocycles. The molecule has 0 atom stereocenters. The number of nitrogens with one attached hydrogen (secondary N) is 1. The lowest BCUT2D eigenvalue weighted by Gasteiger charge is -2.07. The number of carbonyl (C=O) groups excluding carboxylic acids is 1. The Morgan fingerprint density at radius 2 is 1.81 bits per heavy atom. The summed E-state index contributed by atoms with van der Waals surface area (Å²) >= 11 is 7.10. The minimum atomic E-state index is -3.76. The predicted molar refractivity (Wildman–Crippen MR) is 104 cm³/mol. The zero-order valence-electron chi connectivity index (χ0n) is 13.7. The van der Waals surface area contributed by atoms with Crippen molar-refractivity contribution in [2.45, 2.75) is 10.1 Å². The molecule has 0 aliphatic carbocycles. The van der Waals surface area contributed by atoms with Crippen LogP contribution in [-0.2, 0) is 14.8 Å². The Morgan fingerprint density at radius 1 is 1.15 bits per heavy atom. The third kappa shape index (κ3) is 5.07. The van der Waals surface area contributed by atoms with Gasteiger partial charge < -0.3 is 5.32 Å². The first-order valence-electron chi connectivity index (χ1n) is 7.54. The number of anilines is 1. The summed E-state index contributed by atoms with van der Waals surface area (Å²) in [5.41, 5.74) is 1.29. The molecule has 0 saturated heterocycles. The third-order valence-corrected chi connectivity index (χ3v) is 5.54. The molecule has 140 valence electrons. The van der Waals surface area contributed by atoms with Crippen LogP contribution in [0.5, 0.6) is 0 Å². The molecule has 0 saturated carbocycles. The number of hydrogen-bond donors (Lipinski definition) is 2. The lowest BCUT2D eigenvalue weighted by atomic mass is 10.3. The Morgan fingerprint density at radius 3 is 2.44 bits per heavy atom. The molecule has 8 nitrogen and oxygen atoms in total. The van der Waals surface area contributed by atoms with E-state index in [2.05, 4.69) is 15.5 Å². The van der Waals surface area contributed by atoms with Crippen LogP contribution < -0.4 is 10.5 Å². The molecule has 1 amide bonds. The van der Waals surface area contributed by atoms with E-state index in [-0.39, 0.29) is 16.6 Å². The standard InChI is InChI=1S/C16H14ClN5O3S2/c17-11-1-5-13(6-2-11)22-10-19-21-16(22)26-9-15(23)20-12-3-7-14(8-4-12)27(18,24)25/h1-8,10H,9H2,(H,20,23)(H2,18,24,25). The second-order valence-corrected chi connectivity index (χ2v) is 8.31. The highest BCUT2D eigenvalue weighted by atomic mass is 35.5. The number of aromatic nitrogens is 3. The quantitative estimate of drug-likeness (QED) is 0.587. The number of thioether (sulfide) groups is 1. The molecular formula is C16H14ClN5O3S2. The average Bonchev–Trinajstić information content (AvgIpc) is 3.09. The van der Waals surface area contributed by atoms with Crippen molar-refractivity contribution in [1.29, 1.82) is 0 Å². The molecule has 3 N–H and O–H groups in total. The normalized spacial score (nSPS) is 11.3. The van der Waals surface area contributed by atoms with Crippen molar-refractivity contribution >= 4 is 45.0 Å². The lowest BCUT2D eigenvalue weighted by Crippen LogP contribution is -2.15. The van der Waals surface area contributed by atoms with E-state index in [0.717, 1.165) is 5.69 Å². The summed E-state index contributed by atoms with van der Waals surface area (Å²) in [6.45, 7) is 0. The summed E-state index contributed by atoms with van der Waals surface area (Å²) in [7, 11) is -3.76. The van der Waals surface area contributed by atoms with Gasteiger partial charge in [-0.3, -0.25) is 9.36 Å². The Bertz CT molecular complexity index is 1050. The molecule has 0 aliphatic heterocycles. The number of benzene rings is 2. The van der Waals surface area contributed by atoms with Gasteiger partial charge in [0.05, 0.1) is 10.6 Å². The van der Waals surface area contributed by atoms with E-state index in [1.54, 1.807) is 23.0 Å². The zero-order valence-corrected chi connectivity index (χ0v) is 16.1. The number of halogens is 1. The van der Waals surface area contributed by atoms with Crippen molar-refractivity contribution in [2.75, 3.05) is 11.1 Å². The van der Waals surface area contributed by atoms with Crippen LogP contribution >= 0.6 is 23.4 Å². The largest absolute Gasteiger partial charge is 0.325 e. The molecule has 11 heteroatoms. The monoisotopic (exact) mass is 423 g/mol. The first-order valence-corrected chi connectivity index (χ1v) is 10.5. The first-order chi connectivity index (χ1) is 12.8. The van der Waals surface area contributed by atoms with Crippen LogP contribution in [0.1, 0.15) is 0 Å². The summed E-state index contributed by atoms with van der Waals surface area (Å²) in [5, 5.41) is 16.8. The van der Waals surface area contributed by atoms with E-state index in [0.29, 0.717) is 15.9 Å². The molecule has 0 aliphatic rings. The van der Waals surface area contributed by atoms with Crippen molar-refractivity contribution in [3.63, 3.8) is 0 Å². The van der Waals surface area contributed by atoms with E-state index < -0.39 is 10.0 Å². The van der Waals surface area contributed by atoms with Gasteiger partial charge in [-0.2, -0.15) is 0 Å². The molecule has 27 heavy (non-hydrogen) atoms. The Kier molecular flexibility index (Phi) is 5.80. The summed E-state index contributed by atoms with van der Waals surface area (Å²) in [5.74, 6) is -0.169. The molecule has 3 rings (SSSR count). The topological polar surface area (TPSA) is 120 Å². The van der Waals surface area contributed by atoms with Crippen LogP contribution in [0, 0.1) is 0 Å². The number of sulfonamides is 1. The summed E-state index contributed by atoms with van der Waals surface area (Å²) in [4.78, 5) is 12.1. The van der Waals surface area contributed by atoms with Gasteiger partial charge in [0.1, 0.15) is 6.33 Å². The Balaban J connectivity index is 1.62. The molecule has 1 aromatic heterocycles. The molecule has 3 aromatic rings. The number of hydrogen-bond acceptors (Lipinski definition) is 6. The highest BCUT2D eigenvalue weighted by Crippen LogP contribution is 2.21. The maximum atomic E-state index is 12.1. The maximum absolute atomic E-state index is 12.1. The van der Waals surface area contributed by atoms with Gasteiger partial charge in [0.2, 0.25) is 15.9 Å². The van der Waals surface area contributed by atoms with Gasteiger partial charge in [-0.05, 0) is 48.5 Å². The lowest BCUT2D eigenvalue weighted by molar-refractivity contribution is -0.113. The molecule has 0 radical (unpaired) electrons. The van der Waals surface area contributed by atoms with E-state index >= 15 is 0 Å². The third-order valence-electron chi connectivity index (χ3n) is 3.42. The molecule has 2 aromatic carbocycles. The fourth-order valence-corrected chi connectivity index (χ4v) is 3.53. The second kappa shape index (κ2) is 8.09. The Labute approximate surface area is 164 Å². The van der Waals surface area contributed by atoms with Crippen LogP contribution in [0.4, 0.5) is 5.69 Å². The fourth-order valence-electron chi connectivity index (χ4n) is 2.16. The van der Waals surface area contributed by atoms with Gasteiger partial charge in [0.25, 0.3) is 0 Å². The van der Waals surface area contributed by atoms with Gasteiger partial charge in [-0.1, -0.05) is 23.4 Å². The summed E-state index contributed by atoms with van der Waals surface area (Å²) in [6.07, 6.45) is 1.55. The number of carbonyl (C=O) groups is 1. The summed E-state index contributed by atoms with van der Waals surface area (Å²) < 4.78 is 24.2. The van der Waals surface area contributed by atoms with Crippen LogP contribution in [0.3, 0.4) is 0 Å². The van der Waals surface area contributed by atoms with Gasteiger partial charge in [0.15, 0.2) is 5.16 Å². The van der Waals surface area contributed by atoms with Crippen molar-refractivity contribution in [2.24, 2.45) is 5.14 Å². The minimum Gasteiger partial charge on any atom is -0.325 e. The number of amides is 1. The van der Waals surface area contributed by atoms with Crippen molar-refractivity contribution in [3.05, 3.63) is 59.9 Å². The van der Waals surface area contributed by atoms with Gasteiger partial charge in [-0.25, -0.2) is 13.6 Å². The number of rotatable bonds is 6. The molecule has 0 unspecified atom stereocenters. The van der Waals surface area contributed by atoms with Crippen LogP contribution in [0.2, 0.25) is 5.02 Å². The minimum absolute atomic E-state index is 0.0223. The van der Waals surface area contributed by atoms with Crippen LogP contribution in [0.25, 0.3) is 5.69 Å². The van der Waals surface area contributed by atoms with Crippen molar-refractivity contribution < 1.29 is 13.2 Å². The SMILES string of the molecule is NS(=O)(=O)c1ccc(NC(=O)CSc2nncn2-c2ccc(Cl)cc2)cc1. The van der Waals surface area contributed by atoms with E-state index in [1.807, 2.05) is 12.1 Å². The number of nitrogens with zero attached hydrogens (tertiary/aromatic N) is 3. The van der Waals surface area contributed by atoms with Crippen LogP contribution in [-0.4, -0.2) is 34.8 Å². The molecule has 0 fully saturated rings. The van der Waals surface area contributed by atoms with Crippen molar-refractivity contribution in [3.8, 4) is 5.69 Å². The number of nitrogens with two attached hydrogens (primary N) is 1. The second-order valence-electron chi connectivity index (χ2n) is 5.37.